The van der Waals surface area contributed by atoms with Crippen molar-refractivity contribution in [2.24, 2.45) is 0 Å². The smallest absolute Gasteiger partial charge is 0.244 e. The van der Waals surface area contributed by atoms with Crippen LogP contribution in [-0.2, 0) is 4.79 Å². The van der Waals surface area contributed by atoms with E-state index in [-0.39, 0.29) is 17.6 Å². The maximum Gasteiger partial charge on any atom is 0.244 e. The van der Waals surface area contributed by atoms with Gasteiger partial charge in [0.25, 0.3) is 0 Å². The number of hydrogen-bond acceptors (Lipinski definition) is 3. The van der Waals surface area contributed by atoms with E-state index >= 15 is 0 Å². The summed E-state index contributed by atoms with van der Waals surface area (Å²) in [5.74, 6) is 1.06. The van der Waals surface area contributed by atoms with Crippen molar-refractivity contribution in [2.45, 2.75) is 37.4 Å². The number of amides is 1. The van der Waals surface area contributed by atoms with Gasteiger partial charge in [-0.15, -0.1) is 0 Å². The molecule has 1 saturated carbocycles. The van der Waals surface area contributed by atoms with Crippen LogP contribution in [0.4, 0.5) is 0 Å². The second-order valence-corrected chi connectivity index (χ2v) is 5.53. The van der Waals surface area contributed by atoms with Crippen molar-refractivity contribution in [2.75, 3.05) is 14.2 Å². The normalized spacial score (nSPS) is 25.3. The van der Waals surface area contributed by atoms with Gasteiger partial charge in [0.1, 0.15) is 11.9 Å². The molecule has 3 rings (SSSR count). The largest absolute Gasteiger partial charge is 0.497 e. The molecule has 1 spiro atoms. The van der Waals surface area contributed by atoms with E-state index < -0.39 is 0 Å². The fourth-order valence-electron chi connectivity index (χ4n) is 3.33. The Hall–Kier alpha value is -1.55. The average molecular weight is 260 g/mol. The summed E-state index contributed by atoms with van der Waals surface area (Å²) in [5, 5.41) is 3.55. The molecule has 0 radical (unpaired) electrons. The third-order valence-electron chi connectivity index (χ3n) is 4.40. The van der Waals surface area contributed by atoms with Gasteiger partial charge in [0.05, 0.1) is 12.6 Å². The Kier molecular flexibility index (Phi) is 2.97. The van der Waals surface area contributed by atoms with Gasteiger partial charge in [-0.05, 0) is 30.5 Å². The zero-order valence-electron chi connectivity index (χ0n) is 11.5. The first-order valence-electron chi connectivity index (χ1n) is 6.85. The van der Waals surface area contributed by atoms with Gasteiger partial charge in [-0.2, -0.15) is 0 Å². The molecule has 1 aromatic rings. The van der Waals surface area contributed by atoms with Crippen LogP contribution in [0.1, 0.15) is 37.4 Å². The molecule has 0 bridgehead atoms. The Labute approximate surface area is 113 Å². The highest BCUT2D eigenvalue weighted by Gasteiger charge is 2.51. The minimum Gasteiger partial charge on any atom is -0.497 e. The van der Waals surface area contributed by atoms with Gasteiger partial charge < -0.3 is 9.64 Å². The van der Waals surface area contributed by atoms with Gasteiger partial charge >= 0.3 is 0 Å². The summed E-state index contributed by atoms with van der Waals surface area (Å²) >= 11 is 0. The molecule has 4 heteroatoms. The lowest BCUT2D eigenvalue weighted by atomic mass is 9.98. The monoisotopic (exact) mass is 260 g/mol. The first kappa shape index (κ1) is 12.5. The summed E-state index contributed by atoms with van der Waals surface area (Å²) in [4.78, 5) is 14.3. The number of carbonyl (C=O) groups excluding carboxylic acids is 1. The van der Waals surface area contributed by atoms with Crippen molar-refractivity contribution < 1.29 is 9.53 Å². The molecule has 0 unspecified atom stereocenters. The summed E-state index contributed by atoms with van der Waals surface area (Å²) in [6, 6.07) is 7.92. The minimum atomic E-state index is -0.317. The second-order valence-electron chi connectivity index (χ2n) is 5.53. The lowest BCUT2D eigenvalue weighted by molar-refractivity contribution is -0.132. The predicted molar refractivity (Wildman–Crippen MR) is 72.8 cm³/mol. The zero-order valence-corrected chi connectivity index (χ0v) is 11.5. The van der Waals surface area contributed by atoms with Crippen LogP contribution in [0.2, 0.25) is 0 Å². The predicted octanol–water partition coefficient (Wildman–Crippen LogP) is 2.07. The van der Waals surface area contributed by atoms with E-state index in [0.717, 1.165) is 37.0 Å². The van der Waals surface area contributed by atoms with E-state index in [1.54, 1.807) is 7.11 Å². The van der Waals surface area contributed by atoms with Crippen molar-refractivity contribution in [3.63, 3.8) is 0 Å². The molecule has 1 aromatic carbocycles. The summed E-state index contributed by atoms with van der Waals surface area (Å²) in [6.45, 7) is 0. The topological polar surface area (TPSA) is 41.6 Å². The highest BCUT2D eigenvalue weighted by molar-refractivity contribution is 5.89. The van der Waals surface area contributed by atoms with Gasteiger partial charge in [0, 0.05) is 7.05 Å². The second kappa shape index (κ2) is 4.53. The first-order chi connectivity index (χ1) is 9.16. The van der Waals surface area contributed by atoms with Crippen LogP contribution in [-0.4, -0.2) is 30.5 Å². The molecule has 19 heavy (non-hydrogen) atoms. The van der Waals surface area contributed by atoms with E-state index in [9.17, 15) is 4.79 Å². The van der Waals surface area contributed by atoms with Crippen LogP contribution in [0, 0.1) is 0 Å². The molecule has 4 nitrogen and oxygen atoms in total. The molecule has 2 fully saturated rings. The van der Waals surface area contributed by atoms with E-state index in [2.05, 4.69) is 5.32 Å². The molecular weight excluding hydrogens is 240 g/mol. The lowest BCUT2D eigenvalue weighted by Gasteiger charge is -2.21. The summed E-state index contributed by atoms with van der Waals surface area (Å²) in [7, 11) is 3.54. The number of rotatable bonds is 2. The molecule has 1 aliphatic heterocycles. The Morgan fingerprint density at radius 1 is 1.37 bits per heavy atom. The molecule has 102 valence electrons. The highest BCUT2D eigenvalue weighted by atomic mass is 16.5. The number of carbonyl (C=O) groups is 1. The van der Waals surface area contributed by atoms with Crippen LogP contribution in [0.3, 0.4) is 0 Å². The molecule has 0 aromatic heterocycles. The van der Waals surface area contributed by atoms with Crippen molar-refractivity contribution in [3.8, 4) is 5.75 Å². The first-order valence-corrected chi connectivity index (χ1v) is 6.85. The van der Waals surface area contributed by atoms with Gasteiger partial charge in [-0.3, -0.25) is 10.1 Å². The molecule has 1 saturated heterocycles. The Bertz CT molecular complexity index is 495. The number of likely N-dealkylation sites (N-methyl/N-ethyl adjacent to an activating group) is 1. The Balaban J connectivity index is 1.91. The van der Waals surface area contributed by atoms with E-state index in [4.69, 9.17) is 4.74 Å². The van der Waals surface area contributed by atoms with Crippen molar-refractivity contribution in [1.29, 1.82) is 0 Å². The molecule has 1 heterocycles. The van der Waals surface area contributed by atoms with Crippen LogP contribution in [0.25, 0.3) is 0 Å². The fraction of sp³-hybridized carbons (Fsp3) is 0.533. The third kappa shape index (κ3) is 1.91. The maximum absolute atomic E-state index is 12.5. The van der Waals surface area contributed by atoms with Gasteiger partial charge in [-0.1, -0.05) is 25.0 Å². The van der Waals surface area contributed by atoms with Gasteiger partial charge in [0.15, 0.2) is 0 Å². The SMILES string of the molecule is COc1cccc([C@@H]2NC3(CCCC3)C(=O)N2C)c1. The summed E-state index contributed by atoms with van der Waals surface area (Å²) in [6.07, 6.45) is 4.14. The maximum atomic E-state index is 12.5. The highest BCUT2D eigenvalue weighted by Crippen LogP contribution is 2.40. The van der Waals surface area contributed by atoms with Crippen LogP contribution >= 0.6 is 0 Å². The number of hydrogen-bond donors (Lipinski definition) is 1. The molecular formula is C15H20N2O2. The molecule has 1 amide bonds. The van der Waals surface area contributed by atoms with Crippen molar-refractivity contribution in [1.82, 2.24) is 10.2 Å². The molecule has 1 N–H and O–H groups in total. The Morgan fingerprint density at radius 2 is 2.11 bits per heavy atom. The quantitative estimate of drug-likeness (QED) is 0.885. The summed E-state index contributed by atoms with van der Waals surface area (Å²) in [5.41, 5.74) is 0.765. The van der Waals surface area contributed by atoms with E-state index in [1.807, 2.05) is 36.2 Å². The number of ether oxygens (including phenoxy) is 1. The number of nitrogens with zero attached hydrogens (tertiary/aromatic N) is 1. The van der Waals surface area contributed by atoms with Crippen molar-refractivity contribution >= 4 is 5.91 Å². The van der Waals surface area contributed by atoms with E-state index in [0.29, 0.717) is 0 Å². The third-order valence-corrected chi connectivity index (χ3v) is 4.40. The zero-order chi connectivity index (χ0) is 13.5. The number of nitrogens with one attached hydrogen (secondary N) is 1. The fourth-order valence-corrected chi connectivity index (χ4v) is 3.33. The lowest BCUT2D eigenvalue weighted by Crippen LogP contribution is -2.43. The van der Waals surface area contributed by atoms with E-state index in [1.165, 1.54) is 0 Å². The Morgan fingerprint density at radius 3 is 2.79 bits per heavy atom. The summed E-state index contributed by atoms with van der Waals surface area (Å²) < 4.78 is 5.26. The van der Waals surface area contributed by atoms with Crippen LogP contribution < -0.4 is 10.1 Å². The van der Waals surface area contributed by atoms with Crippen molar-refractivity contribution in [3.05, 3.63) is 29.8 Å². The number of methoxy groups -OCH3 is 1. The molecule has 1 atom stereocenters. The average Bonchev–Trinajstić information content (AvgIpc) is 3.01. The molecule has 2 aliphatic rings. The standard InChI is InChI=1S/C15H20N2O2/c1-17-13(11-6-5-7-12(10-11)19-2)16-15(14(17)18)8-3-4-9-15/h5-7,10,13,16H,3-4,8-9H2,1-2H3/t13-/m1/s1. The van der Waals surface area contributed by atoms with Gasteiger partial charge in [0.2, 0.25) is 5.91 Å². The van der Waals surface area contributed by atoms with Gasteiger partial charge in [-0.25, -0.2) is 0 Å². The van der Waals surface area contributed by atoms with Crippen LogP contribution in [0.15, 0.2) is 24.3 Å². The van der Waals surface area contributed by atoms with Crippen LogP contribution in [0.5, 0.6) is 5.75 Å². The molecule has 1 aliphatic carbocycles. The minimum absolute atomic E-state index is 0.0410. The number of benzene rings is 1.